The van der Waals surface area contributed by atoms with Crippen molar-refractivity contribution in [1.29, 1.82) is 0 Å². The predicted molar refractivity (Wildman–Crippen MR) is 125 cm³/mol. The van der Waals surface area contributed by atoms with Crippen LogP contribution in [0.5, 0.6) is 0 Å². The highest BCUT2D eigenvalue weighted by Gasteiger charge is 2.22. The number of carbonyl (C=O) groups is 2. The molecule has 162 valence electrons. The maximum absolute atomic E-state index is 12.9. The fourth-order valence-electron chi connectivity index (χ4n) is 3.20. The molecule has 2 N–H and O–H groups in total. The molecule has 7 nitrogen and oxygen atoms in total. The zero-order chi connectivity index (χ0) is 22.7. The van der Waals surface area contributed by atoms with Gasteiger partial charge in [-0.1, -0.05) is 41.6 Å². The second kappa shape index (κ2) is 9.34. The van der Waals surface area contributed by atoms with E-state index in [4.69, 9.17) is 0 Å². The van der Waals surface area contributed by atoms with Crippen molar-refractivity contribution in [1.82, 2.24) is 14.9 Å². The van der Waals surface area contributed by atoms with Gasteiger partial charge in [0.1, 0.15) is 0 Å². The van der Waals surface area contributed by atoms with E-state index < -0.39 is 17.2 Å². The van der Waals surface area contributed by atoms with Gasteiger partial charge < -0.3 is 5.32 Å². The summed E-state index contributed by atoms with van der Waals surface area (Å²) in [6.45, 7) is 9.32. The average molecular weight is 439 g/mol. The van der Waals surface area contributed by atoms with Crippen molar-refractivity contribution in [2.75, 3.05) is 5.32 Å². The monoisotopic (exact) mass is 438 g/mol. The molecule has 0 aliphatic rings. The van der Waals surface area contributed by atoms with Crippen LogP contribution < -0.4 is 16.2 Å². The molecule has 0 aliphatic heterocycles. The minimum atomic E-state index is -0.636. The molecular formula is C23H26N4O3S. The summed E-state index contributed by atoms with van der Waals surface area (Å²) < 4.78 is 1.58. The van der Waals surface area contributed by atoms with Gasteiger partial charge in [-0.05, 0) is 58.4 Å². The third-order valence-electron chi connectivity index (χ3n) is 4.81. The van der Waals surface area contributed by atoms with Crippen LogP contribution in [0.15, 0.2) is 52.4 Å². The Morgan fingerprint density at radius 1 is 1.06 bits per heavy atom. The van der Waals surface area contributed by atoms with Crippen LogP contribution in [0.25, 0.3) is 10.9 Å². The van der Waals surface area contributed by atoms with Crippen molar-refractivity contribution in [3.05, 3.63) is 63.9 Å². The normalized spacial score (nSPS) is 12.1. The molecule has 0 bridgehead atoms. The van der Waals surface area contributed by atoms with Gasteiger partial charge in [-0.2, -0.15) is 0 Å². The Morgan fingerprint density at radius 2 is 1.77 bits per heavy atom. The minimum absolute atomic E-state index is 0.129. The van der Waals surface area contributed by atoms with E-state index in [-0.39, 0.29) is 11.6 Å². The summed E-state index contributed by atoms with van der Waals surface area (Å²) in [6.07, 6.45) is 0. The molecule has 0 fully saturated rings. The first-order valence-electron chi connectivity index (χ1n) is 10.0. The Hall–Kier alpha value is -3.13. The third-order valence-corrected chi connectivity index (χ3v) is 5.88. The predicted octanol–water partition coefficient (Wildman–Crippen LogP) is 4.42. The Morgan fingerprint density at radius 3 is 2.45 bits per heavy atom. The first kappa shape index (κ1) is 22.6. The van der Waals surface area contributed by atoms with E-state index in [0.717, 1.165) is 22.9 Å². The molecule has 3 aromatic rings. The molecule has 0 unspecified atom stereocenters. The standard InChI is InChI=1S/C23H26N4O3S/c1-13(2)27-21(29)17-8-6-7-9-19(17)25-23(27)31-16(5)20(28)26-22(30)24-18-11-10-14(3)12-15(18)4/h6-13,16H,1-5H3,(H2,24,26,28,30)/t16-/m1/s1. The van der Waals surface area contributed by atoms with Gasteiger partial charge in [0, 0.05) is 11.7 Å². The number of anilines is 1. The van der Waals surface area contributed by atoms with Crippen LogP contribution >= 0.6 is 11.8 Å². The molecule has 0 aliphatic carbocycles. The van der Waals surface area contributed by atoms with E-state index in [1.54, 1.807) is 35.8 Å². The van der Waals surface area contributed by atoms with Gasteiger partial charge in [0.2, 0.25) is 5.91 Å². The summed E-state index contributed by atoms with van der Waals surface area (Å²) in [5.74, 6) is -0.468. The van der Waals surface area contributed by atoms with E-state index in [0.29, 0.717) is 21.7 Å². The van der Waals surface area contributed by atoms with E-state index in [1.807, 2.05) is 45.9 Å². The summed E-state index contributed by atoms with van der Waals surface area (Å²) in [5.41, 5.74) is 3.06. The number of fused-ring (bicyclic) bond motifs is 1. The number of nitrogens with zero attached hydrogens (tertiary/aromatic N) is 2. The first-order chi connectivity index (χ1) is 14.7. The molecule has 31 heavy (non-hydrogen) atoms. The van der Waals surface area contributed by atoms with E-state index in [2.05, 4.69) is 15.6 Å². The van der Waals surface area contributed by atoms with Gasteiger partial charge in [-0.3, -0.25) is 19.5 Å². The zero-order valence-electron chi connectivity index (χ0n) is 18.2. The van der Waals surface area contributed by atoms with Crippen molar-refractivity contribution in [2.45, 2.75) is 51.1 Å². The lowest BCUT2D eigenvalue weighted by Crippen LogP contribution is -2.39. The maximum atomic E-state index is 12.9. The molecule has 0 spiro atoms. The smallest absolute Gasteiger partial charge is 0.307 e. The van der Waals surface area contributed by atoms with Gasteiger partial charge >= 0.3 is 6.03 Å². The highest BCUT2D eigenvalue weighted by molar-refractivity contribution is 8.00. The van der Waals surface area contributed by atoms with Crippen LogP contribution in [0.2, 0.25) is 0 Å². The SMILES string of the molecule is Cc1ccc(NC(=O)NC(=O)[C@@H](C)Sc2nc3ccccc3c(=O)n2C(C)C)c(C)c1. The van der Waals surface area contributed by atoms with Crippen LogP contribution in [0, 0.1) is 13.8 Å². The molecule has 1 atom stereocenters. The van der Waals surface area contributed by atoms with Gasteiger partial charge in [0.25, 0.3) is 5.56 Å². The largest absolute Gasteiger partial charge is 0.325 e. The molecule has 0 radical (unpaired) electrons. The maximum Gasteiger partial charge on any atom is 0.325 e. The second-order valence-corrected chi connectivity index (χ2v) is 9.01. The molecule has 3 rings (SSSR count). The Bertz CT molecular complexity index is 1200. The van der Waals surface area contributed by atoms with Gasteiger partial charge in [-0.25, -0.2) is 9.78 Å². The lowest BCUT2D eigenvalue weighted by Gasteiger charge is -2.18. The zero-order valence-corrected chi connectivity index (χ0v) is 19.0. The van der Waals surface area contributed by atoms with Crippen molar-refractivity contribution in [3.8, 4) is 0 Å². The van der Waals surface area contributed by atoms with Crippen molar-refractivity contribution >= 4 is 40.3 Å². The topological polar surface area (TPSA) is 93.1 Å². The Kier molecular flexibility index (Phi) is 6.80. The molecule has 1 heterocycles. The molecule has 8 heteroatoms. The van der Waals surface area contributed by atoms with Crippen molar-refractivity contribution in [3.63, 3.8) is 0 Å². The van der Waals surface area contributed by atoms with Crippen LogP contribution in [0.1, 0.15) is 37.9 Å². The number of nitrogens with one attached hydrogen (secondary N) is 2. The van der Waals surface area contributed by atoms with E-state index in [1.165, 1.54) is 0 Å². The van der Waals surface area contributed by atoms with Gasteiger partial charge in [0.05, 0.1) is 16.2 Å². The summed E-state index contributed by atoms with van der Waals surface area (Å²) in [5, 5.41) is 5.40. The lowest BCUT2D eigenvalue weighted by molar-refractivity contribution is -0.119. The summed E-state index contributed by atoms with van der Waals surface area (Å²) in [4.78, 5) is 42.4. The number of rotatable bonds is 5. The minimum Gasteiger partial charge on any atom is -0.307 e. The summed E-state index contributed by atoms with van der Waals surface area (Å²) in [7, 11) is 0. The van der Waals surface area contributed by atoms with Crippen molar-refractivity contribution < 1.29 is 9.59 Å². The number of para-hydroxylation sites is 1. The van der Waals surface area contributed by atoms with Crippen LogP contribution in [-0.2, 0) is 4.79 Å². The highest BCUT2D eigenvalue weighted by atomic mass is 32.2. The van der Waals surface area contributed by atoms with Crippen molar-refractivity contribution in [2.24, 2.45) is 0 Å². The molecule has 1 aromatic heterocycles. The Labute approximate surface area is 185 Å². The molecule has 0 saturated heterocycles. The second-order valence-electron chi connectivity index (χ2n) is 7.70. The summed E-state index contributed by atoms with van der Waals surface area (Å²) >= 11 is 1.15. The quantitative estimate of drug-likeness (QED) is 0.454. The van der Waals surface area contributed by atoms with Crippen LogP contribution in [0.4, 0.5) is 10.5 Å². The average Bonchev–Trinajstić information content (AvgIpc) is 2.70. The number of hydrogen-bond acceptors (Lipinski definition) is 5. The van der Waals surface area contributed by atoms with Crippen LogP contribution in [-0.4, -0.2) is 26.7 Å². The highest BCUT2D eigenvalue weighted by Crippen LogP contribution is 2.25. The van der Waals surface area contributed by atoms with E-state index in [9.17, 15) is 14.4 Å². The Balaban J connectivity index is 1.76. The number of carbonyl (C=O) groups excluding carboxylic acids is 2. The first-order valence-corrected chi connectivity index (χ1v) is 10.9. The van der Waals surface area contributed by atoms with E-state index >= 15 is 0 Å². The molecule has 0 saturated carbocycles. The fourth-order valence-corrected chi connectivity index (χ4v) is 4.24. The number of benzene rings is 2. The molecular weight excluding hydrogens is 412 g/mol. The number of hydrogen-bond donors (Lipinski definition) is 2. The number of imide groups is 1. The molecule has 3 amide bonds. The number of aryl methyl sites for hydroxylation is 2. The molecule has 2 aromatic carbocycles. The van der Waals surface area contributed by atoms with Crippen LogP contribution in [0.3, 0.4) is 0 Å². The fraction of sp³-hybridized carbons (Fsp3) is 0.304. The third kappa shape index (κ3) is 5.14. The van der Waals surface area contributed by atoms with Gasteiger partial charge in [-0.15, -0.1) is 0 Å². The number of amides is 3. The number of thioether (sulfide) groups is 1. The number of urea groups is 1. The lowest BCUT2D eigenvalue weighted by atomic mass is 10.1. The van der Waals surface area contributed by atoms with Gasteiger partial charge in [0.15, 0.2) is 5.16 Å². The number of aromatic nitrogens is 2. The summed E-state index contributed by atoms with van der Waals surface area (Å²) in [6, 6.07) is 12.0.